The van der Waals surface area contributed by atoms with Crippen LogP contribution in [0, 0.1) is 5.92 Å². The summed E-state index contributed by atoms with van der Waals surface area (Å²) < 4.78 is 0. The van der Waals surface area contributed by atoms with E-state index >= 15 is 0 Å². The fourth-order valence-corrected chi connectivity index (χ4v) is 1.60. The summed E-state index contributed by atoms with van der Waals surface area (Å²) in [5.74, 6) is 0.927. The molecule has 1 rings (SSSR count). The van der Waals surface area contributed by atoms with Crippen molar-refractivity contribution < 1.29 is 0 Å². The molecule has 0 aromatic rings. The monoisotopic (exact) mass is 152 g/mol. The standard InChI is InChI=1S/C11H20/c1-3-10(2)8-9-11-6-4-5-7-11/h6,10H,3-5,7-9H2,1-2H3. The molecule has 0 nitrogen and oxygen atoms in total. The Hall–Kier alpha value is -0.260. The quantitative estimate of drug-likeness (QED) is 0.535. The molecule has 0 bridgehead atoms. The third kappa shape index (κ3) is 3.09. The predicted octanol–water partition coefficient (Wildman–Crippen LogP) is 3.92. The Kier molecular flexibility index (Phi) is 3.68. The lowest BCUT2D eigenvalue weighted by molar-refractivity contribution is 0.512. The average Bonchev–Trinajstić information content (AvgIpc) is 2.52. The molecule has 0 amide bonds. The summed E-state index contributed by atoms with van der Waals surface area (Å²) in [6.07, 6.45) is 10.7. The first-order valence-corrected chi connectivity index (χ1v) is 5.00. The van der Waals surface area contributed by atoms with E-state index in [1.165, 1.54) is 38.5 Å². The Morgan fingerprint density at radius 1 is 1.55 bits per heavy atom. The van der Waals surface area contributed by atoms with Crippen LogP contribution in [-0.2, 0) is 0 Å². The molecule has 0 saturated carbocycles. The van der Waals surface area contributed by atoms with Gasteiger partial charge in [-0.15, -0.1) is 0 Å². The van der Waals surface area contributed by atoms with Crippen molar-refractivity contribution in [3.63, 3.8) is 0 Å². The first-order chi connectivity index (χ1) is 5.33. The van der Waals surface area contributed by atoms with Crippen LogP contribution < -0.4 is 0 Å². The lowest BCUT2D eigenvalue weighted by Gasteiger charge is -2.07. The molecule has 1 atom stereocenters. The molecule has 0 saturated heterocycles. The van der Waals surface area contributed by atoms with Crippen molar-refractivity contribution in [2.45, 2.75) is 52.4 Å². The highest BCUT2D eigenvalue weighted by Gasteiger charge is 2.05. The zero-order chi connectivity index (χ0) is 8.10. The second kappa shape index (κ2) is 4.58. The van der Waals surface area contributed by atoms with E-state index in [2.05, 4.69) is 19.9 Å². The first-order valence-electron chi connectivity index (χ1n) is 5.00. The molecule has 0 aliphatic heterocycles. The SMILES string of the molecule is CCC(C)CCC1=CCCC1. The molecular formula is C11H20. The van der Waals surface area contributed by atoms with Crippen molar-refractivity contribution in [1.82, 2.24) is 0 Å². The van der Waals surface area contributed by atoms with Gasteiger partial charge in [0.15, 0.2) is 0 Å². The Morgan fingerprint density at radius 3 is 2.91 bits per heavy atom. The Balaban J connectivity index is 2.11. The molecule has 0 aromatic heterocycles. The number of allylic oxidation sites excluding steroid dienone is 2. The van der Waals surface area contributed by atoms with Crippen LogP contribution in [-0.4, -0.2) is 0 Å². The van der Waals surface area contributed by atoms with Crippen LogP contribution in [0.1, 0.15) is 52.4 Å². The number of hydrogen-bond donors (Lipinski definition) is 0. The maximum atomic E-state index is 2.45. The van der Waals surface area contributed by atoms with E-state index in [9.17, 15) is 0 Å². The second-order valence-electron chi connectivity index (χ2n) is 3.81. The molecular weight excluding hydrogens is 132 g/mol. The lowest BCUT2D eigenvalue weighted by atomic mass is 9.99. The van der Waals surface area contributed by atoms with Crippen LogP contribution in [0.3, 0.4) is 0 Å². The van der Waals surface area contributed by atoms with Crippen molar-refractivity contribution in [2.75, 3.05) is 0 Å². The van der Waals surface area contributed by atoms with E-state index < -0.39 is 0 Å². The topological polar surface area (TPSA) is 0 Å². The minimum Gasteiger partial charge on any atom is -0.0853 e. The molecule has 64 valence electrons. The summed E-state index contributed by atoms with van der Waals surface area (Å²) in [6.45, 7) is 4.64. The summed E-state index contributed by atoms with van der Waals surface area (Å²) in [5.41, 5.74) is 1.73. The van der Waals surface area contributed by atoms with E-state index in [1.807, 2.05) is 0 Å². The summed E-state index contributed by atoms with van der Waals surface area (Å²) in [4.78, 5) is 0. The number of hydrogen-bond acceptors (Lipinski definition) is 0. The maximum absolute atomic E-state index is 2.45. The predicted molar refractivity (Wildman–Crippen MR) is 50.6 cm³/mol. The zero-order valence-corrected chi connectivity index (χ0v) is 7.90. The molecule has 0 heterocycles. The molecule has 11 heavy (non-hydrogen) atoms. The average molecular weight is 152 g/mol. The zero-order valence-electron chi connectivity index (χ0n) is 7.90. The van der Waals surface area contributed by atoms with Crippen LogP contribution >= 0.6 is 0 Å². The van der Waals surface area contributed by atoms with Gasteiger partial charge in [-0.2, -0.15) is 0 Å². The first kappa shape index (κ1) is 8.83. The van der Waals surface area contributed by atoms with Gasteiger partial charge in [-0.25, -0.2) is 0 Å². The van der Waals surface area contributed by atoms with Crippen molar-refractivity contribution in [2.24, 2.45) is 5.92 Å². The highest BCUT2D eigenvalue weighted by atomic mass is 14.1. The molecule has 1 aliphatic carbocycles. The summed E-state index contributed by atoms with van der Waals surface area (Å²) in [5, 5.41) is 0. The highest BCUT2D eigenvalue weighted by molar-refractivity contribution is 5.07. The molecule has 0 spiro atoms. The van der Waals surface area contributed by atoms with Crippen LogP contribution in [0.15, 0.2) is 11.6 Å². The van der Waals surface area contributed by atoms with E-state index in [1.54, 1.807) is 5.57 Å². The Labute approximate surface area is 70.7 Å². The van der Waals surface area contributed by atoms with Gasteiger partial charge in [0.2, 0.25) is 0 Å². The van der Waals surface area contributed by atoms with Gasteiger partial charge in [0.1, 0.15) is 0 Å². The lowest BCUT2D eigenvalue weighted by Crippen LogP contribution is -1.92. The third-order valence-electron chi connectivity index (χ3n) is 2.79. The van der Waals surface area contributed by atoms with E-state index in [4.69, 9.17) is 0 Å². The van der Waals surface area contributed by atoms with Gasteiger partial charge in [0.25, 0.3) is 0 Å². The molecule has 0 fully saturated rings. The fourth-order valence-electron chi connectivity index (χ4n) is 1.60. The van der Waals surface area contributed by atoms with Crippen LogP contribution in [0.2, 0.25) is 0 Å². The molecule has 1 unspecified atom stereocenters. The van der Waals surface area contributed by atoms with Crippen molar-refractivity contribution >= 4 is 0 Å². The van der Waals surface area contributed by atoms with Gasteiger partial charge in [-0.1, -0.05) is 31.9 Å². The van der Waals surface area contributed by atoms with Gasteiger partial charge < -0.3 is 0 Å². The van der Waals surface area contributed by atoms with Gasteiger partial charge >= 0.3 is 0 Å². The largest absolute Gasteiger partial charge is 0.0853 e. The summed E-state index contributed by atoms with van der Waals surface area (Å²) >= 11 is 0. The molecule has 0 aromatic carbocycles. The molecule has 0 heteroatoms. The molecule has 0 N–H and O–H groups in total. The van der Waals surface area contributed by atoms with E-state index in [0.717, 1.165) is 5.92 Å². The Morgan fingerprint density at radius 2 is 2.36 bits per heavy atom. The van der Waals surface area contributed by atoms with Crippen molar-refractivity contribution in [3.05, 3.63) is 11.6 Å². The summed E-state index contributed by atoms with van der Waals surface area (Å²) in [7, 11) is 0. The highest BCUT2D eigenvalue weighted by Crippen LogP contribution is 2.24. The maximum Gasteiger partial charge on any atom is -0.0317 e. The van der Waals surface area contributed by atoms with Crippen LogP contribution in [0.4, 0.5) is 0 Å². The van der Waals surface area contributed by atoms with E-state index in [-0.39, 0.29) is 0 Å². The smallest absolute Gasteiger partial charge is 0.0317 e. The third-order valence-corrected chi connectivity index (χ3v) is 2.79. The molecule has 1 aliphatic rings. The van der Waals surface area contributed by atoms with Gasteiger partial charge in [0, 0.05) is 0 Å². The fraction of sp³-hybridized carbons (Fsp3) is 0.818. The molecule has 0 radical (unpaired) electrons. The van der Waals surface area contributed by atoms with E-state index in [0.29, 0.717) is 0 Å². The minimum atomic E-state index is 0.927. The van der Waals surface area contributed by atoms with Gasteiger partial charge in [-0.3, -0.25) is 0 Å². The van der Waals surface area contributed by atoms with Gasteiger partial charge in [0.05, 0.1) is 0 Å². The minimum absolute atomic E-state index is 0.927. The van der Waals surface area contributed by atoms with Crippen molar-refractivity contribution in [1.29, 1.82) is 0 Å². The second-order valence-corrected chi connectivity index (χ2v) is 3.81. The van der Waals surface area contributed by atoms with Crippen molar-refractivity contribution in [3.8, 4) is 0 Å². The Bertz CT molecular complexity index is 133. The van der Waals surface area contributed by atoms with Gasteiger partial charge in [-0.05, 0) is 38.0 Å². The van der Waals surface area contributed by atoms with Crippen LogP contribution in [0.5, 0.6) is 0 Å². The summed E-state index contributed by atoms with van der Waals surface area (Å²) in [6, 6.07) is 0. The van der Waals surface area contributed by atoms with Crippen LogP contribution in [0.25, 0.3) is 0 Å². The normalized spacial score (nSPS) is 20.0. The number of rotatable bonds is 4.